The lowest BCUT2D eigenvalue weighted by atomic mass is 9.97. The molecule has 28 heavy (non-hydrogen) atoms. The largest absolute Gasteiger partial charge is 0.573 e. The van der Waals surface area contributed by atoms with Crippen molar-refractivity contribution in [2.45, 2.75) is 52.1 Å². The predicted molar refractivity (Wildman–Crippen MR) is 100 cm³/mol. The van der Waals surface area contributed by atoms with Crippen molar-refractivity contribution in [1.82, 2.24) is 10.2 Å². The molecular weight excluding hydrogens is 397 g/mol. The van der Waals surface area contributed by atoms with Gasteiger partial charge in [0.15, 0.2) is 0 Å². The normalized spacial score (nSPS) is 16.2. The highest BCUT2D eigenvalue weighted by Crippen LogP contribution is 2.29. The van der Waals surface area contributed by atoms with Gasteiger partial charge in [-0.15, -0.1) is 13.2 Å². The molecule has 0 spiro atoms. The fourth-order valence-corrected chi connectivity index (χ4v) is 3.16. The van der Waals surface area contributed by atoms with Crippen molar-refractivity contribution in [2.75, 3.05) is 19.6 Å². The van der Waals surface area contributed by atoms with Crippen molar-refractivity contribution in [1.29, 1.82) is 0 Å². The van der Waals surface area contributed by atoms with Crippen LogP contribution in [-0.2, 0) is 11.3 Å². The number of nitrogens with zero attached hydrogens (tertiary/aromatic N) is 1. The summed E-state index contributed by atoms with van der Waals surface area (Å²) < 4.78 is 47.0. The van der Waals surface area contributed by atoms with Crippen molar-refractivity contribution in [3.8, 4) is 5.75 Å². The highest BCUT2D eigenvalue weighted by molar-refractivity contribution is 6.30. The molecule has 1 amide bonds. The number of amides is 1. The summed E-state index contributed by atoms with van der Waals surface area (Å²) in [5, 5.41) is 3.51. The van der Waals surface area contributed by atoms with Gasteiger partial charge in [0.2, 0.25) is 0 Å². The van der Waals surface area contributed by atoms with E-state index in [0.717, 1.165) is 12.8 Å². The Bertz CT molecular complexity index is 669. The van der Waals surface area contributed by atoms with E-state index >= 15 is 0 Å². The minimum Gasteiger partial charge on any atom is -0.444 e. The summed E-state index contributed by atoms with van der Waals surface area (Å²) in [6.07, 6.45) is -3.47. The molecule has 1 N–H and O–H groups in total. The zero-order chi connectivity index (χ0) is 20.9. The number of halogens is 4. The van der Waals surface area contributed by atoms with Gasteiger partial charge in [0.1, 0.15) is 11.4 Å². The Morgan fingerprint density at radius 3 is 2.46 bits per heavy atom. The Morgan fingerprint density at radius 2 is 1.89 bits per heavy atom. The first-order valence-corrected chi connectivity index (χ1v) is 9.53. The van der Waals surface area contributed by atoms with Crippen LogP contribution in [0.3, 0.4) is 0 Å². The third-order valence-corrected chi connectivity index (χ3v) is 4.50. The number of likely N-dealkylation sites (tertiary alicyclic amines) is 1. The van der Waals surface area contributed by atoms with Gasteiger partial charge in [-0.25, -0.2) is 4.79 Å². The van der Waals surface area contributed by atoms with E-state index in [2.05, 4.69) is 10.1 Å². The van der Waals surface area contributed by atoms with Gasteiger partial charge in [0.25, 0.3) is 0 Å². The second-order valence-electron chi connectivity index (χ2n) is 7.84. The third kappa shape index (κ3) is 7.75. The number of piperidine rings is 1. The van der Waals surface area contributed by atoms with Crippen LogP contribution in [0.2, 0.25) is 5.02 Å². The van der Waals surface area contributed by atoms with E-state index < -0.39 is 12.0 Å². The highest BCUT2D eigenvalue weighted by Gasteiger charge is 2.32. The SMILES string of the molecule is CC(C)(C)OC(=O)N1CCC(CNCc2cc(Cl)ccc2OC(F)(F)F)CC1. The molecule has 0 aromatic heterocycles. The molecule has 0 atom stereocenters. The lowest BCUT2D eigenvalue weighted by molar-refractivity contribution is -0.274. The molecule has 1 aliphatic rings. The molecule has 9 heteroatoms. The van der Waals surface area contributed by atoms with E-state index in [0.29, 0.717) is 36.1 Å². The monoisotopic (exact) mass is 422 g/mol. The number of nitrogens with one attached hydrogen (secondary N) is 1. The van der Waals surface area contributed by atoms with Crippen LogP contribution in [0.1, 0.15) is 39.2 Å². The Hall–Kier alpha value is -1.67. The number of benzene rings is 1. The van der Waals surface area contributed by atoms with E-state index in [9.17, 15) is 18.0 Å². The van der Waals surface area contributed by atoms with Gasteiger partial charge in [-0.2, -0.15) is 0 Å². The number of hydrogen-bond acceptors (Lipinski definition) is 4. The molecule has 0 saturated carbocycles. The van der Waals surface area contributed by atoms with Crippen molar-refractivity contribution < 1.29 is 27.4 Å². The van der Waals surface area contributed by atoms with E-state index in [1.165, 1.54) is 18.2 Å². The molecule has 0 unspecified atom stereocenters. The molecule has 1 saturated heterocycles. The Kier molecular flexibility index (Phi) is 7.45. The molecule has 5 nitrogen and oxygen atoms in total. The first-order valence-electron chi connectivity index (χ1n) is 9.16. The average Bonchev–Trinajstić information content (AvgIpc) is 2.55. The van der Waals surface area contributed by atoms with E-state index in [1.807, 2.05) is 20.8 Å². The maximum atomic E-state index is 12.5. The summed E-state index contributed by atoms with van der Waals surface area (Å²) in [6, 6.07) is 4.03. The maximum Gasteiger partial charge on any atom is 0.573 e. The molecule has 0 aliphatic carbocycles. The standard InChI is InChI=1S/C19H26ClF3N2O3/c1-18(2,3)28-17(26)25-8-6-13(7-9-25)11-24-12-14-10-15(20)4-5-16(14)27-19(21,22)23/h4-5,10,13,24H,6-9,11-12H2,1-3H3. The van der Waals surface area contributed by atoms with E-state index in [1.54, 1.807) is 4.90 Å². The number of alkyl halides is 3. The topological polar surface area (TPSA) is 50.8 Å². The van der Waals surface area contributed by atoms with Crippen LogP contribution >= 0.6 is 11.6 Å². The summed E-state index contributed by atoms with van der Waals surface area (Å²) in [7, 11) is 0. The molecule has 1 heterocycles. The molecule has 1 aromatic carbocycles. The molecule has 1 aliphatic heterocycles. The number of rotatable bonds is 5. The van der Waals surface area contributed by atoms with Gasteiger partial charge in [-0.3, -0.25) is 0 Å². The fourth-order valence-electron chi connectivity index (χ4n) is 2.97. The molecule has 1 aromatic rings. The zero-order valence-corrected chi connectivity index (χ0v) is 17.0. The summed E-state index contributed by atoms with van der Waals surface area (Å²) in [6.45, 7) is 7.51. The molecule has 0 radical (unpaired) electrons. The summed E-state index contributed by atoms with van der Waals surface area (Å²) >= 11 is 5.89. The van der Waals surface area contributed by atoms with Crippen molar-refractivity contribution >= 4 is 17.7 Å². The number of carbonyl (C=O) groups is 1. The molecule has 158 valence electrons. The average molecular weight is 423 g/mol. The Balaban J connectivity index is 1.81. The number of ether oxygens (including phenoxy) is 2. The van der Waals surface area contributed by atoms with Gasteiger partial charge in [0, 0.05) is 30.2 Å². The third-order valence-electron chi connectivity index (χ3n) is 4.26. The lowest BCUT2D eigenvalue weighted by Gasteiger charge is -2.33. The number of carbonyl (C=O) groups excluding carboxylic acids is 1. The second kappa shape index (κ2) is 9.22. The molecule has 2 rings (SSSR count). The summed E-state index contributed by atoms with van der Waals surface area (Å²) in [5.41, 5.74) is -0.182. The lowest BCUT2D eigenvalue weighted by Crippen LogP contribution is -2.43. The summed E-state index contributed by atoms with van der Waals surface area (Å²) in [4.78, 5) is 13.8. The van der Waals surface area contributed by atoms with Crippen molar-refractivity contribution in [2.24, 2.45) is 5.92 Å². The Morgan fingerprint density at radius 1 is 1.25 bits per heavy atom. The van der Waals surface area contributed by atoms with E-state index in [-0.39, 0.29) is 18.4 Å². The first kappa shape index (κ1) is 22.6. The van der Waals surface area contributed by atoms with Crippen molar-refractivity contribution in [3.05, 3.63) is 28.8 Å². The van der Waals surface area contributed by atoms with Gasteiger partial charge in [-0.1, -0.05) is 11.6 Å². The smallest absolute Gasteiger partial charge is 0.444 e. The van der Waals surface area contributed by atoms with Crippen LogP contribution in [0.4, 0.5) is 18.0 Å². The van der Waals surface area contributed by atoms with Crippen LogP contribution in [0.25, 0.3) is 0 Å². The number of hydrogen-bond donors (Lipinski definition) is 1. The van der Waals surface area contributed by atoms with Gasteiger partial charge in [-0.05, 0) is 64.3 Å². The van der Waals surface area contributed by atoms with Crippen LogP contribution in [0.15, 0.2) is 18.2 Å². The maximum absolute atomic E-state index is 12.5. The van der Waals surface area contributed by atoms with E-state index in [4.69, 9.17) is 16.3 Å². The van der Waals surface area contributed by atoms with Crippen LogP contribution in [-0.4, -0.2) is 42.6 Å². The summed E-state index contributed by atoms with van der Waals surface area (Å²) in [5.74, 6) is 0.0639. The minimum atomic E-state index is -4.75. The van der Waals surface area contributed by atoms with Gasteiger partial charge in [0.05, 0.1) is 0 Å². The quantitative estimate of drug-likeness (QED) is 0.727. The Labute approximate surface area is 168 Å². The fraction of sp³-hybridized carbons (Fsp3) is 0.632. The highest BCUT2D eigenvalue weighted by atomic mass is 35.5. The molecule has 1 fully saturated rings. The van der Waals surface area contributed by atoms with Gasteiger partial charge >= 0.3 is 12.5 Å². The van der Waals surface area contributed by atoms with Crippen LogP contribution in [0.5, 0.6) is 5.75 Å². The van der Waals surface area contributed by atoms with Crippen LogP contribution < -0.4 is 10.1 Å². The van der Waals surface area contributed by atoms with Crippen molar-refractivity contribution in [3.63, 3.8) is 0 Å². The molecule has 0 bridgehead atoms. The first-order chi connectivity index (χ1) is 12.9. The second-order valence-corrected chi connectivity index (χ2v) is 8.28. The zero-order valence-electron chi connectivity index (χ0n) is 16.2. The van der Waals surface area contributed by atoms with Crippen LogP contribution in [0, 0.1) is 5.92 Å². The van der Waals surface area contributed by atoms with Gasteiger partial charge < -0.3 is 19.7 Å². The predicted octanol–water partition coefficient (Wildman–Crippen LogP) is 4.98. The molecular formula is C19H26ClF3N2O3. The minimum absolute atomic E-state index is 0.207.